The van der Waals surface area contributed by atoms with E-state index in [0.717, 1.165) is 25.7 Å². The van der Waals surface area contributed by atoms with E-state index in [1.54, 1.807) is 0 Å². The summed E-state index contributed by atoms with van der Waals surface area (Å²) in [6.07, 6.45) is 5.03. The molecule has 1 saturated carbocycles. The zero-order chi connectivity index (χ0) is 14.6. The SMILES string of the molecule is CCOC(=O)C1(CNc2ncnc(N)c2Cl)CCCC1. The Hall–Kier alpha value is -1.56. The van der Waals surface area contributed by atoms with Crippen LogP contribution >= 0.6 is 11.6 Å². The number of hydrogen-bond acceptors (Lipinski definition) is 6. The second-order valence-electron chi connectivity index (χ2n) is 4.98. The second kappa shape index (κ2) is 6.26. The standard InChI is InChI=1S/C13H19ClN4O2/c1-2-20-12(19)13(5-3-4-6-13)7-16-11-9(14)10(15)17-8-18-11/h8H,2-7H2,1H3,(H3,15,16,17,18). The fourth-order valence-electron chi connectivity index (χ4n) is 2.55. The van der Waals surface area contributed by atoms with Crippen molar-refractivity contribution in [2.24, 2.45) is 5.41 Å². The fraction of sp³-hybridized carbons (Fsp3) is 0.615. The molecular formula is C13H19ClN4O2. The lowest BCUT2D eigenvalue weighted by molar-refractivity contribution is -0.154. The van der Waals surface area contributed by atoms with Crippen LogP contribution in [-0.4, -0.2) is 29.1 Å². The number of ether oxygens (including phenoxy) is 1. The first-order chi connectivity index (χ1) is 9.59. The molecule has 0 bridgehead atoms. The van der Waals surface area contributed by atoms with Crippen LogP contribution in [0.15, 0.2) is 6.33 Å². The molecule has 1 aliphatic rings. The molecule has 0 spiro atoms. The van der Waals surface area contributed by atoms with Crippen molar-refractivity contribution in [2.45, 2.75) is 32.6 Å². The second-order valence-corrected chi connectivity index (χ2v) is 5.36. The van der Waals surface area contributed by atoms with Crippen molar-refractivity contribution >= 4 is 29.2 Å². The third-order valence-corrected chi connectivity index (χ3v) is 4.05. The number of nitrogens with zero attached hydrogens (tertiary/aromatic N) is 2. The van der Waals surface area contributed by atoms with Gasteiger partial charge in [-0.05, 0) is 19.8 Å². The number of halogens is 1. The Morgan fingerprint density at radius 2 is 2.20 bits per heavy atom. The van der Waals surface area contributed by atoms with Crippen LogP contribution in [0.1, 0.15) is 32.6 Å². The molecule has 7 heteroatoms. The fourth-order valence-corrected chi connectivity index (χ4v) is 2.71. The van der Waals surface area contributed by atoms with Crippen LogP contribution < -0.4 is 11.1 Å². The Morgan fingerprint density at radius 3 is 2.85 bits per heavy atom. The Morgan fingerprint density at radius 1 is 1.50 bits per heavy atom. The maximum atomic E-state index is 12.2. The number of nitrogens with two attached hydrogens (primary N) is 1. The van der Waals surface area contributed by atoms with Gasteiger partial charge in [-0.15, -0.1) is 0 Å². The summed E-state index contributed by atoms with van der Waals surface area (Å²) in [7, 11) is 0. The molecule has 2 rings (SSSR count). The maximum Gasteiger partial charge on any atom is 0.313 e. The zero-order valence-corrected chi connectivity index (χ0v) is 12.2. The van der Waals surface area contributed by atoms with Crippen molar-refractivity contribution in [3.05, 3.63) is 11.3 Å². The summed E-state index contributed by atoms with van der Waals surface area (Å²) in [5, 5.41) is 3.39. The summed E-state index contributed by atoms with van der Waals surface area (Å²) in [5.41, 5.74) is 5.14. The third-order valence-electron chi connectivity index (χ3n) is 3.68. The minimum atomic E-state index is -0.487. The quantitative estimate of drug-likeness (QED) is 0.810. The Kier molecular flexibility index (Phi) is 4.65. The average molecular weight is 299 g/mol. The lowest BCUT2D eigenvalue weighted by Gasteiger charge is -2.27. The monoisotopic (exact) mass is 298 g/mol. The van der Waals surface area contributed by atoms with E-state index in [2.05, 4.69) is 15.3 Å². The molecule has 110 valence electrons. The van der Waals surface area contributed by atoms with Crippen LogP contribution in [0.25, 0.3) is 0 Å². The first-order valence-electron chi connectivity index (χ1n) is 6.76. The van der Waals surface area contributed by atoms with Gasteiger partial charge in [0, 0.05) is 6.54 Å². The van der Waals surface area contributed by atoms with Crippen molar-refractivity contribution in [1.29, 1.82) is 0 Å². The summed E-state index contributed by atoms with van der Waals surface area (Å²) in [4.78, 5) is 20.0. The van der Waals surface area contributed by atoms with Gasteiger partial charge in [-0.25, -0.2) is 9.97 Å². The minimum absolute atomic E-state index is 0.150. The van der Waals surface area contributed by atoms with E-state index in [4.69, 9.17) is 22.1 Å². The number of hydrogen-bond donors (Lipinski definition) is 2. The Balaban J connectivity index is 2.10. The lowest BCUT2D eigenvalue weighted by Crippen LogP contribution is -2.37. The number of rotatable bonds is 5. The van der Waals surface area contributed by atoms with Crippen molar-refractivity contribution in [2.75, 3.05) is 24.2 Å². The summed E-state index contributed by atoms with van der Waals surface area (Å²) in [6, 6.07) is 0. The van der Waals surface area contributed by atoms with Crippen LogP contribution in [0.5, 0.6) is 0 Å². The molecule has 20 heavy (non-hydrogen) atoms. The molecule has 0 aromatic carbocycles. The number of esters is 1. The smallest absolute Gasteiger partial charge is 0.313 e. The van der Waals surface area contributed by atoms with Gasteiger partial charge in [0.2, 0.25) is 0 Å². The van der Waals surface area contributed by atoms with Gasteiger partial charge in [-0.3, -0.25) is 4.79 Å². The van der Waals surface area contributed by atoms with Gasteiger partial charge in [0.15, 0.2) is 0 Å². The van der Waals surface area contributed by atoms with Crippen molar-refractivity contribution < 1.29 is 9.53 Å². The molecule has 1 aliphatic carbocycles. The van der Waals surface area contributed by atoms with Crippen LogP contribution in [0.2, 0.25) is 5.02 Å². The number of carbonyl (C=O) groups is 1. The number of nitrogens with one attached hydrogen (secondary N) is 1. The van der Waals surface area contributed by atoms with Crippen LogP contribution in [0, 0.1) is 5.41 Å². The van der Waals surface area contributed by atoms with Crippen LogP contribution in [0.3, 0.4) is 0 Å². The summed E-state index contributed by atoms with van der Waals surface area (Å²) in [6.45, 7) is 2.65. The predicted molar refractivity (Wildman–Crippen MR) is 77.5 cm³/mol. The zero-order valence-electron chi connectivity index (χ0n) is 11.5. The van der Waals surface area contributed by atoms with Gasteiger partial charge in [0.05, 0.1) is 12.0 Å². The molecule has 0 radical (unpaired) electrons. The van der Waals surface area contributed by atoms with E-state index in [1.807, 2.05) is 6.92 Å². The Labute approximate surface area is 123 Å². The molecule has 0 amide bonds. The van der Waals surface area contributed by atoms with Gasteiger partial charge >= 0.3 is 5.97 Å². The third kappa shape index (κ3) is 2.95. The molecule has 1 fully saturated rings. The van der Waals surface area contributed by atoms with E-state index < -0.39 is 5.41 Å². The van der Waals surface area contributed by atoms with E-state index in [0.29, 0.717) is 19.0 Å². The molecule has 1 heterocycles. The molecule has 0 aliphatic heterocycles. The van der Waals surface area contributed by atoms with Gasteiger partial charge in [0.1, 0.15) is 23.0 Å². The average Bonchev–Trinajstić information content (AvgIpc) is 2.91. The predicted octanol–water partition coefficient (Wildman–Crippen LogP) is 2.25. The van der Waals surface area contributed by atoms with Crippen LogP contribution in [0.4, 0.5) is 11.6 Å². The van der Waals surface area contributed by atoms with Gasteiger partial charge in [-0.1, -0.05) is 24.4 Å². The molecule has 6 nitrogen and oxygen atoms in total. The van der Waals surface area contributed by atoms with E-state index in [-0.39, 0.29) is 16.8 Å². The van der Waals surface area contributed by atoms with Gasteiger partial charge < -0.3 is 15.8 Å². The summed E-state index contributed by atoms with van der Waals surface area (Å²) >= 11 is 6.04. The van der Waals surface area contributed by atoms with Crippen molar-refractivity contribution in [3.63, 3.8) is 0 Å². The van der Waals surface area contributed by atoms with Crippen LogP contribution in [-0.2, 0) is 9.53 Å². The van der Waals surface area contributed by atoms with Crippen molar-refractivity contribution in [1.82, 2.24) is 9.97 Å². The van der Waals surface area contributed by atoms with Gasteiger partial charge in [-0.2, -0.15) is 0 Å². The highest BCUT2D eigenvalue weighted by molar-refractivity contribution is 6.35. The van der Waals surface area contributed by atoms with E-state index >= 15 is 0 Å². The molecule has 1 aromatic rings. The van der Waals surface area contributed by atoms with E-state index in [1.165, 1.54) is 6.33 Å². The topological polar surface area (TPSA) is 90.1 Å². The largest absolute Gasteiger partial charge is 0.466 e. The highest BCUT2D eigenvalue weighted by Crippen LogP contribution is 2.39. The maximum absolute atomic E-state index is 12.2. The van der Waals surface area contributed by atoms with Gasteiger partial charge in [0.25, 0.3) is 0 Å². The molecule has 0 unspecified atom stereocenters. The Bertz CT molecular complexity index is 489. The number of aromatic nitrogens is 2. The lowest BCUT2D eigenvalue weighted by atomic mass is 9.86. The number of carbonyl (C=O) groups excluding carboxylic acids is 1. The minimum Gasteiger partial charge on any atom is -0.466 e. The highest BCUT2D eigenvalue weighted by atomic mass is 35.5. The number of anilines is 2. The molecular weight excluding hydrogens is 280 g/mol. The first-order valence-corrected chi connectivity index (χ1v) is 7.14. The summed E-state index contributed by atoms with van der Waals surface area (Å²) < 4.78 is 5.20. The normalized spacial score (nSPS) is 16.9. The molecule has 3 N–H and O–H groups in total. The summed E-state index contributed by atoms with van der Waals surface area (Å²) in [5.74, 6) is 0.527. The molecule has 1 aromatic heterocycles. The number of nitrogen functional groups attached to an aromatic ring is 1. The molecule has 0 atom stereocenters. The van der Waals surface area contributed by atoms with Crippen molar-refractivity contribution in [3.8, 4) is 0 Å². The van der Waals surface area contributed by atoms with E-state index in [9.17, 15) is 4.79 Å². The highest BCUT2D eigenvalue weighted by Gasteiger charge is 2.42. The first kappa shape index (κ1) is 14.8. The molecule has 0 saturated heterocycles.